The normalized spacial score (nSPS) is 17.7. The van der Waals surface area contributed by atoms with Gasteiger partial charge in [-0.25, -0.2) is 9.78 Å². The van der Waals surface area contributed by atoms with Crippen molar-refractivity contribution in [2.75, 3.05) is 7.05 Å². The Hall–Kier alpha value is -3.81. The van der Waals surface area contributed by atoms with Gasteiger partial charge in [0.1, 0.15) is 11.4 Å². The maximum Gasteiger partial charge on any atom is 0.410 e. The first-order valence-corrected chi connectivity index (χ1v) is 11.3. The third-order valence-electron chi connectivity index (χ3n) is 5.95. The Bertz CT molecular complexity index is 1100. The van der Waals surface area contributed by atoms with Gasteiger partial charge in [-0.2, -0.15) is 0 Å². The molecule has 2 aromatic carbocycles. The summed E-state index contributed by atoms with van der Waals surface area (Å²) in [6, 6.07) is 17.1. The van der Waals surface area contributed by atoms with Gasteiger partial charge in [0.2, 0.25) is 0 Å². The van der Waals surface area contributed by atoms with Gasteiger partial charge >= 0.3 is 12.1 Å². The van der Waals surface area contributed by atoms with E-state index < -0.39 is 12.1 Å². The second-order valence-corrected chi connectivity index (χ2v) is 8.49. The van der Waals surface area contributed by atoms with Crippen molar-refractivity contribution in [1.82, 2.24) is 9.88 Å². The standard InChI is InChI=1S/C26H28N2O6/c1-28(15-18-6-3-2-4-7-18)26(31)32-16-23-24(27-17-33-23)19-10-12-21(13-11-19)34-22-9-5-8-20(14-22)25(29)30/h2-4,6-7,10-13,17,20,22H,5,8-9,14-16H2,1H3,(H,29,30)/t20-,22-/m0/s1. The highest BCUT2D eigenvalue weighted by Crippen LogP contribution is 2.30. The predicted molar refractivity (Wildman–Crippen MR) is 124 cm³/mol. The van der Waals surface area contributed by atoms with Gasteiger partial charge in [0, 0.05) is 19.2 Å². The van der Waals surface area contributed by atoms with Crippen molar-refractivity contribution in [3.05, 3.63) is 72.3 Å². The second kappa shape index (κ2) is 10.9. The maximum absolute atomic E-state index is 12.4. The molecule has 1 N–H and O–H groups in total. The molecule has 0 unspecified atom stereocenters. The van der Waals surface area contributed by atoms with Crippen LogP contribution in [0, 0.1) is 5.92 Å². The Morgan fingerprint density at radius 3 is 2.62 bits per heavy atom. The van der Waals surface area contributed by atoms with Gasteiger partial charge < -0.3 is 23.9 Å². The van der Waals surface area contributed by atoms with Crippen molar-refractivity contribution in [2.24, 2.45) is 5.92 Å². The number of benzene rings is 2. The summed E-state index contributed by atoms with van der Waals surface area (Å²) < 4.78 is 16.9. The van der Waals surface area contributed by atoms with Crippen LogP contribution in [0.5, 0.6) is 5.75 Å². The van der Waals surface area contributed by atoms with E-state index >= 15 is 0 Å². The zero-order chi connectivity index (χ0) is 23.9. The molecule has 1 aliphatic rings. The SMILES string of the molecule is CN(Cc1ccccc1)C(=O)OCc1ocnc1-c1ccc(O[C@H]2CCC[C@H](C(=O)O)C2)cc1. The van der Waals surface area contributed by atoms with Gasteiger partial charge in [-0.3, -0.25) is 4.79 Å². The number of carbonyl (C=O) groups excluding carboxylic acids is 1. The molecular formula is C26H28N2O6. The van der Waals surface area contributed by atoms with E-state index in [9.17, 15) is 14.7 Å². The predicted octanol–water partition coefficient (Wildman–Crippen LogP) is 5.13. The van der Waals surface area contributed by atoms with Crippen molar-refractivity contribution < 1.29 is 28.6 Å². The summed E-state index contributed by atoms with van der Waals surface area (Å²) in [5.41, 5.74) is 2.40. The lowest BCUT2D eigenvalue weighted by Gasteiger charge is -2.27. The first-order valence-electron chi connectivity index (χ1n) is 11.3. The van der Waals surface area contributed by atoms with Crippen LogP contribution in [0.15, 0.2) is 65.4 Å². The number of amides is 1. The fourth-order valence-electron chi connectivity index (χ4n) is 4.13. The Balaban J connectivity index is 1.33. The van der Waals surface area contributed by atoms with Crippen LogP contribution in [0.25, 0.3) is 11.3 Å². The first kappa shape index (κ1) is 23.4. The minimum atomic E-state index is -0.755. The van der Waals surface area contributed by atoms with Gasteiger partial charge in [-0.1, -0.05) is 30.3 Å². The number of aromatic nitrogens is 1. The molecule has 0 aliphatic heterocycles. The largest absolute Gasteiger partial charge is 0.490 e. The molecule has 0 radical (unpaired) electrons. The van der Waals surface area contributed by atoms with E-state index in [0.717, 1.165) is 24.0 Å². The van der Waals surface area contributed by atoms with Gasteiger partial charge in [-0.05, 0) is 55.5 Å². The van der Waals surface area contributed by atoms with Crippen molar-refractivity contribution in [2.45, 2.75) is 44.9 Å². The molecule has 0 bridgehead atoms. The number of nitrogens with zero attached hydrogens (tertiary/aromatic N) is 2. The lowest BCUT2D eigenvalue weighted by atomic mass is 9.87. The number of hydrogen-bond donors (Lipinski definition) is 1. The number of aliphatic carboxylic acids is 1. The first-order chi connectivity index (χ1) is 16.5. The smallest absolute Gasteiger partial charge is 0.410 e. The molecule has 0 spiro atoms. The summed E-state index contributed by atoms with van der Waals surface area (Å²) in [5.74, 6) is 0.0323. The minimum absolute atomic E-state index is 0.0375. The Labute approximate surface area is 198 Å². The van der Waals surface area contributed by atoms with E-state index in [1.54, 1.807) is 7.05 Å². The lowest BCUT2D eigenvalue weighted by molar-refractivity contribution is -0.143. The minimum Gasteiger partial charge on any atom is -0.490 e. The molecule has 178 valence electrons. The number of carboxylic acids is 1. The van der Waals surface area contributed by atoms with Crippen molar-refractivity contribution in [3.8, 4) is 17.0 Å². The topological polar surface area (TPSA) is 102 Å². The fraction of sp³-hybridized carbons (Fsp3) is 0.346. The molecule has 1 aromatic heterocycles. The quantitative estimate of drug-likeness (QED) is 0.493. The van der Waals surface area contributed by atoms with Crippen molar-refractivity contribution in [3.63, 3.8) is 0 Å². The van der Waals surface area contributed by atoms with Crippen molar-refractivity contribution >= 4 is 12.1 Å². The number of oxazole rings is 1. The van der Waals surface area contributed by atoms with Gasteiger partial charge in [-0.15, -0.1) is 0 Å². The Kier molecular flexibility index (Phi) is 7.47. The molecule has 8 nitrogen and oxygen atoms in total. The second-order valence-electron chi connectivity index (χ2n) is 8.49. The number of rotatable bonds is 8. The van der Waals surface area contributed by atoms with Crippen LogP contribution in [0.1, 0.15) is 37.0 Å². The van der Waals surface area contributed by atoms with Crippen LogP contribution in [-0.4, -0.2) is 40.2 Å². The summed E-state index contributed by atoms with van der Waals surface area (Å²) in [4.78, 5) is 29.4. The molecule has 3 aromatic rings. The average Bonchev–Trinajstić information content (AvgIpc) is 3.32. The van der Waals surface area contributed by atoms with Gasteiger partial charge in [0.25, 0.3) is 0 Å². The summed E-state index contributed by atoms with van der Waals surface area (Å²) in [5, 5.41) is 9.26. The summed E-state index contributed by atoms with van der Waals surface area (Å²) in [6.07, 6.45) is 3.69. The van der Waals surface area contributed by atoms with Crippen LogP contribution in [0.3, 0.4) is 0 Å². The summed E-state index contributed by atoms with van der Waals surface area (Å²) >= 11 is 0. The van der Waals surface area contributed by atoms with E-state index in [1.165, 1.54) is 11.3 Å². The molecule has 1 heterocycles. The number of carbonyl (C=O) groups is 2. The average molecular weight is 465 g/mol. The zero-order valence-corrected chi connectivity index (χ0v) is 19.1. The number of hydrogen-bond acceptors (Lipinski definition) is 6. The van der Waals surface area contributed by atoms with E-state index in [2.05, 4.69) is 4.98 Å². The van der Waals surface area contributed by atoms with E-state index in [-0.39, 0.29) is 18.6 Å². The lowest BCUT2D eigenvalue weighted by Crippen LogP contribution is -2.29. The third kappa shape index (κ3) is 5.95. The highest BCUT2D eigenvalue weighted by Gasteiger charge is 2.28. The number of ether oxygens (including phenoxy) is 2. The fourth-order valence-corrected chi connectivity index (χ4v) is 4.13. The van der Waals surface area contributed by atoms with Crippen LogP contribution in [-0.2, 0) is 22.7 Å². The van der Waals surface area contributed by atoms with E-state index in [0.29, 0.717) is 36.6 Å². The molecule has 1 amide bonds. The van der Waals surface area contributed by atoms with Gasteiger partial charge in [0.15, 0.2) is 18.8 Å². The third-order valence-corrected chi connectivity index (χ3v) is 5.95. The molecule has 1 aliphatic carbocycles. The summed E-state index contributed by atoms with van der Waals surface area (Å²) in [7, 11) is 1.68. The van der Waals surface area contributed by atoms with Crippen molar-refractivity contribution in [1.29, 1.82) is 0 Å². The maximum atomic E-state index is 12.4. The highest BCUT2D eigenvalue weighted by atomic mass is 16.6. The van der Waals surface area contributed by atoms with Crippen LogP contribution >= 0.6 is 0 Å². The Morgan fingerprint density at radius 2 is 1.88 bits per heavy atom. The van der Waals surface area contributed by atoms with Crippen LogP contribution in [0.2, 0.25) is 0 Å². The zero-order valence-electron chi connectivity index (χ0n) is 19.1. The molecule has 8 heteroatoms. The molecule has 34 heavy (non-hydrogen) atoms. The molecule has 2 atom stereocenters. The molecule has 4 rings (SSSR count). The molecule has 1 fully saturated rings. The monoisotopic (exact) mass is 464 g/mol. The molecular weight excluding hydrogens is 436 g/mol. The Morgan fingerprint density at radius 1 is 1.12 bits per heavy atom. The summed E-state index contributed by atoms with van der Waals surface area (Å²) in [6.45, 7) is 0.406. The van der Waals surface area contributed by atoms with Gasteiger partial charge in [0.05, 0.1) is 12.0 Å². The highest BCUT2D eigenvalue weighted by molar-refractivity contribution is 5.70. The molecule has 0 saturated heterocycles. The number of carboxylic acid groups (broad SMARTS) is 1. The van der Waals surface area contributed by atoms with E-state index in [1.807, 2.05) is 54.6 Å². The van der Waals surface area contributed by atoms with Crippen LogP contribution < -0.4 is 4.74 Å². The molecule has 1 saturated carbocycles. The van der Waals surface area contributed by atoms with E-state index in [4.69, 9.17) is 13.9 Å². The van der Waals surface area contributed by atoms with Crippen LogP contribution in [0.4, 0.5) is 4.79 Å².